The molecule has 2 aromatic carbocycles. The molecular weight excluding hydrogens is 524 g/mol. The lowest BCUT2D eigenvalue weighted by Crippen LogP contribution is -2.32. The van der Waals surface area contributed by atoms with Crippen molar-refractivity contribution >= 4 is 51.5 Å². The largest absolute Gasteiger partial charge is 0.454 e. The van der Waals surface area contributed by atoms with E-state index in [1.165, 1.54) is 16.2 Å². The number of amides is 2. The topological polar surface area (TPSA) is 93.6 Å². The molecule has 2 saturated carbocycles. The minimum absolute atomic E-state index is 0.0727. The molecule has 3 fully saturated rings. The van der Waals surface area contributed by atoms with Crippen LogP contribution in [0.15, 0.2) is 66.0 Å². The first-order chi connectivity index (χ1) is 19.4. The van der Waals surface area contributed by atoms with Gasteiger partial charge in [0.25, 0.3) is 0 Å². The van der Waals surface area contributed by atoms with Crippen molar-refractivity contribution in [1.82, 2.24) is 4.98 Å². The molecule has 0 N–H and O–H groups in total. The van der Waals surface area contributed by atoms with Crippen LogP contribution in [0, 0.1) is 30.6 Å². The third-order valence-corrected chi connectivity index (χ3v) is 9.65. The Morgan fingerprint density at radius 1 is 0.975 bits per heavy atom. The number of hydrogen-bond donors (Lipinski definition) is 0. The molecule has 1 saturated heterocycles. The second-order valence-corrected chi connectivity index (χ2v) is 11.9. The number of fused-ring (bicyclic) bond motifs is 6. The smallest absolute Gasteiger partial charge is 0.339 e. The average Bonchev–Trinajstić information content (AvgIpc) is 3.77. The maximum atomic E-state index is 13.2. The van der Waals surface area contributed by atoms with Crippen LogP contribution in [0.5, 0.6) is 0 Å². The molecule has 3 heterocycles. The van der Waals surface area contributed by atoms with Crippen LogP contribution in [0.4, 0.5) is 5.69 Å². The van der Waals surface area contributed by atoms with Crippen molar-refractivity contribution < 1.29 is 23.9 Å². The summed E-state index contributed by atoms with van der Waals surface area (Å²) in [4.78, 5) is 58.8. The highest BCUT2D eigenvalue weighted by molar-refractivity contribution is 7.12. The van der Waals surface area contributed by atoms with Gasteiger partial charge in [-0.3, -0.25) is 19.3 Å². The fourth-order valence-corrected chi connectivity index (χ4v) is 7.52. The molecule has 8 heteroatoms. The predicted molar refractivity (Wildman–Crippen MR) is 151 cm³/mol. The quantitative estimate of drug-likeness (QED) is 0.170. The van der Waals surface area contributed by atoms with E-state index in [4.69, 9.17) is 9.72 Å². The fraction of sp³-hybridized carbons (Fsp3) is 0.281. The Hall–Kier alpha value is -4.17. The lowest BCUT2D eigenvalue weighted by atomic mass is 9.81. The van der Waals surface area contributed by atoms with E-state index in [1.54, 1.807) is 35.7 Å². The highest BCUT2D eigenvalue weighted by Gasteiger charge is 2.61. The van der Waals surface area contributed by atoms with Crippen LogP contribution in [-0.4, -0.2) is 35.2 Å². The second kappa shape index (κ2) is 9.48. The molecule has 40 heavy (non-hydrogen) atoms. The van der Waals surface area contributed by atoms with Gasteiger partial charge in [-0.05, 0) is 73.2 Å². The molecule has 4 unspecified atom stereocenters. The lowest BCUT2D eigenvalue weighted by molar-refractivity contribution is -0.123. The van der Waals surface area contributed by atoms with E-state index < -0.39 is 5.97 Å². The van der Waals surface area contributed by atoms with Crippen LogP contribution >= 0.6 is 11.3 Å². The molecule has 2 bridgehead atoms. The van der Waals surface area contributed by atoms with E-state index in [2.05, 4.69) is 0 Å². The first kappa shape index (κ1) is 24.8. The number of carbonyl (C=O) groups is 4. The standard InChI is InChI=1S/C32H26N2O5S/c1-17-4-2-5-22-23(32(38)39-16-25(35)26-6-3-13-40-26)15-24(33-29(17)22)18-9-11-21(12-10-18)34-30(36)27-19-7-8-20(14-19)28(27)31(34)37/h2-6,9-13,15,19-20,27-28H,7-8,14,16H2,1H3. The summed E-state index contributed by atoms with van der Waals surface area (Å²) in [5, 5.41) is 2.44. The molecule has 0 radical (unpaired) electrons. The number of aromatic nitrogens is 1. The summed E-state index contributed by atoms with van der Waals surface area (Å²) >= 11 is 1.30. The minimum atomic E-state index is -0.602. The van der Waals surface area contributed by atoms with Gasteiger partial charge in [-0.15, -0.1) is 11.3 Å². The number of para-hydroxylation sites is 1. The molecule has 7 nitrogen and oxygen atoms in total. The highest BCUT2D eigenvalue weighted by atomic mass is 32.1. The Kier molecular flexibility index (Phi) is 5.89. The summed E-state index contributed by atoms with van der Waals surface area (Å²) in [6.07, 6.45) is 3.08. The van der Waals surface area contributed by atoms with Crippen LogP contribution in [0.2, 0.25) is 0 Å². The van der Waals surface area contributed by atoms with Gasteiger partial charge in [0, 0.05) is 10.9 Å². The van der Waals surface area contributed by atoms with Gasteiger partial charge in [-0.1, -0.05) is 36.4 Å². The van der Waals surface area contributed by atoms with Crippen molar-refractivity contribution in [2.75, 3.05) is 11.5 Å². The maximum Gasteiger partial charge on any atom is 0.339 e. The van der Waals surface area contributed by atoms with E-state index >= 15 is 0 Å². The number of aryl methyl sites for hydroxylation is 1. The summed E-state index contributed by atoms with van der Waals surface area (Å²) in [6.45, 7) is 1.58. The molecule has 1 aliphatic heterocycles. The van der Waals surface area contributed by atoms with Gasteiger partial charge < -0.3 is 4.74 Å². The van der Waals surface area contributed by atoms with Gasteiger partial charge in [-0.25, -0.2) is 9.78 Å². The lowest BCUT2D eigenvalue weighted by Gasteiger charge is -2.19. The number of benzene rings is 2. The van der Waals surface area contributed by atoms with Crippen LogP contribution in [0.25, 0.3) is 22.2 Å². The number of nitrogens with zero attached hydrogens (tertiary/aromatic N) is 2. The normalized spacial score (nSPS) is 23.2. The van der Waals surface area contributed by atoms with Crippen LogP contribution in [-0.2, 0) is 14.3 Å². The number of ether oxygens (including phenoxy) is 1. The zero-order valence-electron chi connectivity index (χ0n) is 21.8. The van der Waals surface area contributed by atoms with E-state index in [9.17, 15) is 19.2 Å². The van der Waals surface area contributed by atoms with E-state index in [0.29, 0.717) is 44.6 Å². The molecule has 7 rings (SSSR count). The Bertz CT molecular complexity index is 1670. The second-order valence-electron chi connectivity index (χ2n) is 10.9. The van der Waals surface area contributed by atoms with Gasteiger partial charge in [-0.2, -0.15) is 0 Å². The number of rotatable bonds is 6. The minimum Gasteiger partial charge on any atom is -0.454 e. The summed E-state index contributed by atoms with van der Waals surface area (Å²) < 4.78 is 5.43. The van der Waals surface area contributed by atoms with Gasteiger partial charge in [0.05, 0.1) is 39.2 Å². The van der Waals surface area contributed by atoms with Gasteiger partial charge in [0.2, 0.25) is 17.6 Å². The van der Waals surface area contributed by atoms with Crippen LogP contribution in [0.1, 0.15) is 44.9 Å². The van der Waals surface area contributed by atoms with Crippen LogP contribution in [0.3, 0.4) is 0 Å². The third-order valence-electron chi connectivity index (χ3n) is 8.74. The summed E-state index contributed by atoms with van der Waals surface area (Å²) in [5.41, 5.74) is 3.73. The third kappa shape index (κ3) is 3.89. The Labute approximate surface area is 234 Å². The number of thiophene rings is 1. The number of carbonyl (C=O) groups excluding carboxylic acids is 4. The Morgan fingerprint density at radius 3 is 2.38 bits per heavy atom. The molecule has 4 atom stereocenters. The molecule has 2 aromatic heterocycles. The van der Waals surface area contributed by atoms with E-state index in [1.807, 2.05) is 37.3 Å². The zero-order valence-corrected chi connectivity index (χ0v) is 22.6. The van der Waals surface area contributed by atoms with Gasteiger partial charge in [0.1, 0.15) is 0 Å². The monoisotopic (exact) mass is 550 g/mol. The molecule has 3 aliphatic rings. The number of imide groups is 1. The first-order valence-electron chi connectivity index (χ1n) is 13.5. The number of hydrogen-bond acceptors (Lipinski definition) is 7. The molecule has 200 valence electrons. The Balaban J connectivity index is 1.19. The van der Waals surface area contributed by atoms with Crippen molar-refractivity contribution in [3.8, 4) is 11.3 Å². The highest BCUT2D eigenvalue weighted by Crippen LogP contribution is 2.56. The number of anilines is 1. The van der Waals surface area contributed by atoms with Gasteiger partial charge in [0.15, 0.2) is 6.61 Å². The van der Waals surface area contributed by atoms with E-state index in [-0.39, 0.29) is 36.0 Å². The van der Waals surface area contributed by atoms with Gasteiger partial charge >= 0.3 is 5.97 Å². The molecular formula is C32H26N2O5S. The zero-order chi connectivity index (χ0) is 27.5. The SMILES string of the molecule is Cc1cccc2c(C(=O)OCC(=O)c3cccs3)cc(-c3ccc(N4C(=O)C5C6CCC(C6)C5C4=O)cc3)nc12. The number of esters is 1. The average molecular weight is 551 g/mol. The van der Waals surface area contributed by atoms with Crippen molar-refractivity contribution in [1.29, 1.82) is 0 Å². The summed E-state index contributed by atoms with van der Waals surface area (Å²) in [5.74, 6) is -0.674. The van der Waals surface area contributed by atoms with E-state index in [0.717, 1.165) is 30.4 Å². The summed E-state index contributed by atoms with van der Waals surface area (Å²) in [6, 6.07) is 17.9. The molecule has 4 aromatic rings. The van der Waals surface area contributed by atoms with Crippen molar-refractivity contribution in [3.05, 3.63) is 82.0 Å². The predicted octanol–water partition coefficient (Wildman–Crippen LogP) is 5.85. The maximum absolute atomic E-state index is 13.2. The number of Topliss-reactive ketones (excluding diaryl/α,β-unsaturated/α-hetero) is 1. The number of pyridine rings is 1. The van der Waals surface area contributed by atoms with Crippen molar-refractivity contribution in [3.63, 3.8) is 0 Å². The Morgan fingerprint density at radius 2 is 1.70 bits per heavy atom. The van der Waals surface area contributed by atoms with Crippen LogP contribution < -0.4 is 4.90 Å². The fourth-order valence-electron chi connectivity index (χ4n) is 6.87. The molecule has 2 aliphatic carbocycles. The summed E-state index contributed by atoms with van der Waals surface area (Å²) in [7, 11) is 0. The molecule has 2 amide bonds. The molecule has 0 spiro atoms. The first-order valence-corrected chi connectivity index (χ1v) is 14.4. The number of ketones is 1. The van der Waals surface area contributed by atoms with Crippen molar-refractivity contribution in [2.45, 2.75) is 26.2 Å². The van der Waals surface area contributed by atoms with Crippen molar-refractivity contribution in [2.24, 2.45) is 23.7 Å².